The van der Waals surface area contributed by atoms with Gasteiger partial charge in [0.25, 0.3) is 0 Å². The summed E-state index contributed by atoms with van der Waals surface area (Å²) in [4.78, 5) is 0. The van der Waals surface area contributed by atoms with Crippen molar-refractivity contribution in [3.63, 3.8) is 0 Å². The van der Waals surface area contributed by atoms with E-state index < -0.39 is 12.5 Å². The van der Waals surface area contributed by atoms with Gasteiger partial charge in [0.15, 0.2) is 0 Å². The smallest absolute Gasteiger partial charge is 0.117 e. The van der Waals surface area contributed by atoms with Gasteiger partial charge in [0.05, 0.1) is 0 Å². The van der Waals surface area contributed by atoms with Gasteiger partial charge < -0.3 is 20.8 Å². The van der Waals surface area contributed by atoms with Crippen LogP contribution in [0, 0.1) is 0 Å². The minimum Gasteiger partial charge on any atom is -0.377 e. The van der Waals surface area contributed by atoms with Crippen molar-refractivity contribution in [1.82, 2.24) is 21.3 Å². The highest BCUT2D eigenvalue weighted by molar-refractivity contribution is 4.87. The molecular weight excluding hydrogens is 232 g/mol. The summed E-state index contributed by atoms with van der Waals surface area (Å²) >= 11 is 0. The van der Waals surface area contributed by atoms with Gasteiger partial charge in [0.1, 0.15) is 12.5 Å². The lowest BCUT2D eigenvalue weighted by Gasteiger charge is -2.35. The van der Waals surface area contributed by atoms with Crippen LogP contribution in [-0.2, 0) is 0 Å². The number of nitrogens with one attached hydrogen (secondary N) is 4. The van der Waals surface area contributed by atoms with E-state index in [1.807, 2.05) is 0 Å². The molecule has 1 aliphatic heterocycles. The quantitative estimate of drug-likeness (QED) is 0.311. The van der Waals surface area contributed by atoms with E-state index in [9.17, 15) is 10.2 Å². The first-order valence-corrected chi connectivity index (χ1v) is 7.05. The Morgan fingerprint density at radius 1 is 0.667 bits per heavy atom. The molecule has 2 rings (SSSR count). The minimum atomic E-state index is -0.522. The lowest BCUT2D eigenvalue weighted by atomic mass is 9.90. The minimum absolute atomic E-state index is 0.391. The molecule has 6 N–H and O–H groups in total. The molecule has 1 saturated carbocycles. The summed E-state index contributed by atoms with van der Waals surface area (Å²) < 4.78 is 0. The van der Waals surface area contributed by atoms with E-state index in [2.05, 4.69) is 21.3 Å². The Morgan fingerprint density at radius 3 is 1.56 bits per heavy atom. The van der Waals surface area contributed by atoms with E-state index in [1.165, 1.54) is 12.8 Å². The van der Waals surface area contributed by atoms with E-state index in [0.29, 0.717) is 38.3 Å². The Labute approximate surface area is 109 Å². The van der Waals surface area contributed by atoms with Gasteiger partial charge >= 0.3 is 0 Å². The molecule has 1 aliphatic carbocycles. The maximum atomic E-state index is 9.77. The molecule has 4 unspecified atom stereocenters. The summed E-state index contributed by atoms with van der Waals surface area (Å²) in [6, 6.07) is 0.781. The van der Waals surface area contributed by atoms with Crippen molar-refractivity contribution in [3.05, 3.63) is 0 Å². The zero-order chi connectivity index (χ0) is 12.8. The molecule has 0 aromatic heterocycles. The monoisotopic (exact) mass is 258 g/mol. The molecular formula is C12H26N4O2. The van der Waals surface area contributed by atoms with Crippen molar-refractivity contribution in [3.8, 4) is 0 Å². The van der Waals surface area contributed by atoms with Gasteiger partial charge in [-0.05, 0) is 12.8 Å². The first-order chi connectivity index (χ1) is 8.75. The zero-order valence-electron chi connectivity index (χ0n) is 10.9. The standard InChI is InChI=1S/C12H26N4O2/c17-11-7-15-9-3-1-2-4-10(9)16-8-12(18)14-6-5-13-11/h9-18H,1-8H2. The predicted molar refractivity (Wildman–Crippen MR) is 70.1 cm³/mol. The maximum Gasteiger partial charge on any atom is 0.117 e. The second-order valence-corrected chi connectivity index (χ2v) is 5.25. The number of β-amino-alcohol motifs (C(OH)–C–C–N with tert-alkyl or cyclic N) is 2. The highest BCUT2D eigenvalue weighted by Gasteiger charge is 2.25. The van der Waals surface area contributed by atoms with Crippen molar-refractivity contribution in [2.24, 2.45) is 0 Å². The SMILES string of the molecule is OC1CNC2CCCCC2NCC(O)NCCN1. The summed E-state index contributed by atoms with van der Waals surface area (Å²) in [5, 5.41) is 32.4. The van der Waals surface area contributed by atoms with E-state index in [-0.39, 0.29) is 0 Å². The highest BCUT2D eigenvalue weighted by atomic mass is 16.3. The van der Waals surface area contributed by atoms with Crippen molar-refractivity contribution >= 4 is 0 Å². The van der Waals surface area contributed by atoms with Crippen LogP contribution in [0.1, 0.15) is 25.7 Å². The molecule has 18 heavy (non-hydrogen) atoms. The van der Waals surface area contributed by atoms with Crippen molar-refractivity contribution in [2.45, 2.75) is 50.2 Å². The van der Waals surface area contributed by atoms with Gasteiger partial charge in [-0.25, -0.2) is 0 Å². The van der Waals surface area contributed by atoms with Crippen LogP contribution in [-0.4, -0.2) is 60.9 Å². The third kappa shape index (κ3) is 4.46. The van der Waals surface area contributed by atoms with Gasteiger partial charge in [0, 0.05) is 38.3 Å². The van der Waals surface area contributed by atoms with Crippen LogP contribution in [0.5, 0.6) is 0 Å². The largest absolute Gasteiger partial charge is 0.377 e. The molecule has 6 nitrogen and oxygen atoms in total. The molecule has 0 bridgehead atoms. The summed E-state index contributed by atoms with van der Waals surface area (Å²) in [6.45, 7) is 2.44. The normalized spacial score (nSPS) is 40.3. The van der Waals surface area contributed by atoms with Gasteiger partial charge in [-0.1, -0.05) is 12.8 Å². The molecule has 2 aliphatic rings. The van der Waals surface area contributed by atoms with Crippen LogP contribution in [0.3, 0.4) is 0 Å². The van der Waals surface area contributed by atoms with E-state index in [4.69, 9.17) is 0 Å². The number of hydrogen-bond donors (Lipinski definition) is 6. The van der Waals surface area contributed by atoms with Crippen LogP contribution in [0.2, 0.25) is 0 Å². The maximum absolute atomic E-state index is 9.77. The Balaban J connectivity index is 1.89. The third-order valence-corrected chi connectivity index (χ3v) is 3.80. The summed E-state index contributed by atoms with van der Waals surface area (Å²) in [5.74, 6) is 0. The average Bonchev–Trinajstić information content (AvgIpc) is 2.38. The Kier molecular flexibility index (Phi) is 5.81. The molecule has 0 radical (unpaired) electrons. The molecule has 0 amide bonds. The average molecular weight is 258 g/mol. The van der Waals surface area contributed by atoms with Gasteiger partial charge in [-0.15, -0.1) is 0 Å². The number of aliphatic hydroxyl groups excluding tert-OH is 2. The van der Waals surface area contributed by atoms with Crippen molar-refractivity contribution < 1.29 is 10.2 Å². The predicted octanol–water partition coefficient (Wildman–Crippen LogP) is -1.69. The number of fused-ring (bicyclic) bond motifs is 1. The first-order valence-electron chi connectivity index (χ1n) is 7.05. The first kappa shape index (κ1) is 14.2. The molecule has 0 aromatic rings. The van der Waals surface area contributed by atoms with Crippen molar-refractivity contribution in [2.75, 3.05) is 26.2 Å². The Bertz CT molecular complexity index is 218. The molecule has 1 heterocycles. The molecule has 2 fully saturated rings. The molecule has 1 saturated heterocycles. The molecule has 4 atom stereocenters. The second-order valence-electron chi connectivity index (χ2n) is 5.25. The number of rotatable bonds is 0. The van der Waals surface area contributed by atoms with E-state index >= 15 is 0 Å². The molecule has 6 heteroatoms. The summed E-state index contributed by atoms with van der Waals surface area (Å²) in [7, 11) is 0. The third-order valence-electron chi connectivity index (χ3n) is 3.80. The molecule has 106 valence electrons. The summed E-state index contributed by atoms with van der Waals surface area (Å²) in [5.41, 5.74) is 0. The Hall–Kier alpha value is -0.240. The fourth-order valence-corrected chi connectivity index (χ4v) is 2.77. The van der Waals surface area contributed by atoms with Gasteiger partial charge in [0.2, 0.25) is 0 Å². The second kappa shape index (κ2) is 7.37. The number of aliphatic hydroxyl groups is 2. The van der Waals surface area contributed by atoms with E-state index in [1.54, 1.807) is 0 Å². The lowest BCUT2D eigenvalue weighted by Crippen LogP contribution is -2.56. The summed E-state index contributed by atoms with van der Waals surface area (Å²) in [6.07, 6.45) is 3.69. The van der Waals surface area contributed by atoms with Crippen molar-refractivity contribution in [1.29, 1.82) is 0 Å². The number of hydrogen-bond acceptors (Lipinski definition) is 6. The van der Waals surface area contributed by atoms with E-state index in [0.717, 1.165) is 12.8 Å². The topological polar surface area (TPSA) is 88.6 Å². The lowest BCUT2D eigenvalue weighted by molar-refractivity contribution is 0.100. The molecule has 0 spiro atoms. The van der Waals surface area contributed by atoms with Crippen LogP contribution in [0.25, 0.3) is 0 Å². The fourth-order valence-electron chi connectivity index (χ4n) is 2.77. The fraction of sp³-hybridized carbons (Fsp3) is 1.00. The molecule has 0 aromatic carbocycles. The van der Waals surface area contributed by atoms with Gasteiger partial charge in [-0.2, -0.15) is 0 Å². The van der Waals surface area contributed by atoms with Crippen LogP contribution in [0.15, 0.2) is 0 Å². The van der Waals surface area contributed by atoms with Crippen LogP contribution in [0.4, 0.5) is 0 Å². The Morgan fingerprint density at radius 2 is 1.11 bits per heavy atom. The zero-order valence-corrected chi connectivity index (χ0v) is 10.9. The van der Waals surface area contributed by atoms with Gasteiger partial charge in [-0.3, -0.25) is 10.6 Å². The van der Waals surface area contributed by atoms with Crippen LogP contribution < -0.4 is 21.3 Å². The van der Waals surface area contributed by atoms with Crippen LogP contribution >= 0.6 is 0 Å². The highest BCUT2D eigenvalue weighted by Crippen LogP contribution is 2.18.